The van der Waals surface area contributed by atoms with Crippen molar-refractivity contribution in [3.05, 3.63) is 29.8 Å². The molecule has 0 spiro atoms. The number of carbonyl (C=O) groups excluding carboxylic acids is 2. The highest BCUT2D eigenvalue weighted by Crippen LogP contribution is 2.53. The summed E-state index contributed by atoms with van der Waals surface area (Å²) in [7, 11) is 0. The predicted octanol–water partition coefficient (Wildman–Crippen LogP) is 3.25. The summed E-state index contributed by atoms with van der Waals surface area (Å²) < 4.78 is 5.34. The first-order chi connectivity index (χ1) is 16.6. The van der Waals surface area contributed by atoms with Crippen molar-refractivity contribution < 1.29 is 14.3 Å². The molecule has 0 aromatic heterocycles. The number of amides is 3. The second-order valence-electron chi connectivity index (χ2n) is 11.3. The topological polar surface area (TPSA) is 73.9 Å². The molecule has 3 amide bonds. The number of fused-ring (bicyclic) bond motifs is 2. The first kappa shape index (κ1) is 22.2. The van der Waals surface area contributed by atoms with Gasteiger partial charge in [0, 0.05) is 49.5 Å². The largest absolute Gasteiger partial charge is 0.378 e. The molecule has 5 aliphatic rings. The predicted molar refractivity (Wildman–Crippen MR) is 131 cm³/mol. The maximum absolute atomic E-state index is 13.1. The summed E-state index contributed by atoms with van der Waals surface area (Å²) in [6.07, 6.45) is 8.91. The zero-order valence-corrected chi connectivity index (χ0v) is 20.1. The minimum absolute atomic E-state index is 0.0162. The van der Waals surface area contributed by atoms with Gasteiger partial charge in [-0.2, -0.15) is 0 Å². The number of hydrogen-bond donors (Lipinski definition) is 2. The molecule has 2 saturated heterocycles. The van der Waals surface area contributed by atoms with Crippen LogP contribution in [0.5, 0.6) is 0 Å². The van der Waals surface area contributed by atoms with Crippen LogP contribution in [-0.2, 0) is 4.74 Å². The van der Waals surface area contributed by atoms with E-state index in [1.165, 1.54) is 32.1 Å². The zero-order valence-electron chi connectivity index (χ0n) is 20.1. The number of rotatable bonds is 4. The Hall–Kier alpha value is -2.28. The van der Waals surface area contributed by atoms with Crippen LogP contribution in [0.1, 0.15) is 55.3 Å². The fourth-order valence-corrected chi connectivity index (χ4v) is 7.49. The molecule has 1 aromatic carbocycles. The van der Waals surface area contributed by atoms with Gasteiger partial charge in [0.15, 0.2) is 0 Å². The molecule has 5 unspecified atom stereocenters. The maximum Gasteiger partial charge on any atom is 0.317 e. The third-order valence-electron chi connectivity index (χ3n) is 9.18. The standard InChI is InChI=1S/C27H38N4O3/c32-26(29-25-6-1-18-13-19-15-21(14-18)24(25)16-19)20-2-4-23(5-3-20)31-8-7-22(17-31)28-27(33)30-9-11-34-12-10-30/h2-5,18-19,21-22,24-25H,1,6-17H2,(H,28,33)(H,29,32)/t18?,19?,21?,22-,24?,25?/m1/s1. The first-order valence-corrected chi connectivity index (χ1v) is 13.4. The Morgan fingerprint density at radius 3 is 2.47 bits per heavy atom. The Morgan fingerprint density at radius 1 is 0.853 bits per heavy atom. The van der Waals surface area contributed by atoms with Gasteiger partial charge >= 0.3 is 6.03 Å². The molecular weight excluding hydrogens is 428 g/mol. The average Bonchev–Trinajstić information content (AvgIpc) is 3.42. The van der Waals surface area contributed by atoms with Crippen molar-refractivity contribution in [1.29, 1.82) is 0 Å². The van der Waals surface area contributed by atoms with E-state index in [2.05, 4.69) is 27.7 Å². The van der Waals surface area contributed by atoms with Crippen LogP contribution in [0.25, 0.3) is 0 Å². The van der Waals surface area contributed by atoms with Gasteiger partial charge in [-0.25, -0.2) is 4.79 Å². The van der Waals surface area contributed by atoms with Crippen LogP contribution < -0.4 is 15.5 Å². The lowest BCUT2D eigenvalue weighted by Crippen LogP contribution is -2.49. The number of benzene rings is 1. The molecule has 7 heteroatoms. The number of hydrogen-bond acceptors (Lipinski definition) is 4. The molecule has 0 radical (unpaired) electrons. The summed E-state index contributed by atoms with van der Waals surface area (Å²) in [6, 6.07) is 8.56. The maximum atomic E-state index is 13.1. The van der Waals surface area contributed by atoms with E-state index in [4.69, 9.17) is 4.74 Å². The Kier molecular flexibility index (Phi) is 6.14. The Balaban J connectivity index is 1.02. The molecule has 3 bridgehead atoms. The second-order valence-corrected chi connectivity index (χ2v) is 11.3. The molecule has 3 aliphatic carbocycles. The lowest BCUT2D eigenvalue weighted by atomic mass is 9.80. The Labute approximate surface area is 202 Å². The van der Waals surface area contributed by atoms with Crippen LogP contribution in [0.4, 0.5) is 10.5 Å². The minimum atomic E-state index is 0.0162. The van der Waals surface area contributed by atoms with Crippen LogP contribution in [0.2, 0.25) is 0 Å². The minimum Gasteiger partial charge on any atom is -0.378 e. The van der Waals surface area contributed by atoms with Crippen molar-refractivity contribution in [2.24, 2.45) is 23.7 Å². The average molecular weight is 467 g/mol. The quantitative estimate of drug-likeness (QED) is 0.715. The lowest BCUT2D eigenvalue weighted by Gasteiger charge is -2.28. The highest BCUT2D eigenvalue weighted by atomic mass is 16.5. The van der Waals surface area contributed by atoms with Crippen LogP contribution >= 0.6 is 0 Å². The number of carbonyl (C=O) groups is 2. The summed E-state index contributed by atoms with van der Waals surface area (Å²) in [6.45, 7) is 4.27. The lowest BCUT2D eigenvalue weighted by molar-refractivity contribution is 0.0526. The normalized spacial score (nSPS) is 34.7. The fourth-order valence-electron chi connectivity index (χ4n) is 7.49. The van der Waals surface area contributed by atoms with Crippen LogP contribution in [0.15, 0.2) is 24.3 Å². The number of nitrogens with one attached hydrogen (secondary N) is 2. The smallest absolute Gasteiger partial charge is 0.317 e. The summed E-state index contributed by atoms with van der Waals surface area (Å²) in [5, 5.41) is 6.60. The van der Waals surface area contributed by atoms with Crippen molar-refractivity contribution in [3.8, 4) is 0 Å². The molecule has 6 atom stereocenters. The number of ether oxygens (including phenoxy) is 1. The van der Waals surface area contributed by atoms with Crippen molar-refractivity contribution >= 4 is 17.6 Å². The fraction of sp³-hybridized carbons (Fsp3) is 0.704. The monoisotopic (exact) mass is 466 g/mol. The summed E-state index contributed by atoms with van der Waals surface area (Å²) in [5.41, 5.74) is 1.87. The Morgan fingerprint density at radius 2 is 1.65 bits per heavy atom. The number of nitrogens with zero attached hydrogens (tertiary/aromatic N) is 2. The van der Waals surface area contributed by atoms with Crippen molar-refractivity contribution in [3.63, 3.8) is 0 Å². The second kappa shape index (κ2) is 9.40. The van der Waals surface area contributed by atoms with E-state index < -0.39 is 0 Å². The van der Waals surface area contributed by atoms with E-state index in [1.807, 2.05) is 17.0 Å². The van der Waals surface area contributed by atoms with E-state index in [-0.39, 0.29) is 18.0 Å². The van der Waals surface area contributed by atoms with E-state index >= 15 is 0 Å². The third-order valence-corrected chi connectivity index (χ3v) is 9.18. The molecule has 34 heavy (non-hydrogen) atoms. The van der Waals surface area contributed by atoms with E-state index in [0.717, 1.165) is 54.9 Å². The molecule has 7 nitrogen and oxygen atoms in total. The van der Waals surface area contributed by atoms with Crippen molar-refractivity contribution in [1.82, 2.24) is 15.5 Å². The van der Waals surface area contributed by atoms with Crippen LogP contribution in [0, 0.1) is 23.7 Å². The van der Waals surface area contributed by atoms with E-state index in [9.17, 15) is 9.59 Å². The highest BCUT2D eigenvalue weighted by molar-refractivity contribution is 5.94. The van der Waals surface area contributed by atoms with Gasteiger partial charge < -0.3 is 25.2 Å². The van der Waals surface area contributed by atoms with E-state index in [1.54, 1.807) is 0 Å². The van der Waals surface area contributed by atoms with E-state index in [0.29, 0.717) is 38.3 Å². The molecule has 2 aliphatic heterocycles. The van der Waals surface area contributed by atoms with Gasteiger partial charge in [0.1, 0.15) is 0 Å². The number of urea groups is 1. The Bertz CT molecular complexity index is 900. The molecule has 2 heterocycles. The van der Waals surface area contributed by atoms with Crippen molar-refractivity contribution in [2.75, 3.05) is 44.3 Å². The number of morpholine rings is 1. The van der Waals surface area contributed by atoms with Gasteiger partial charge in [-0.15, -0.1) is 0 Å². The third kappa shape index (κ3) is 4.51. The zero-order chi connectivity index (χ0) is 23.1. The van der Waals surface area contributed by atoms with Gasteiger partial charge in [0.2, 0.25) is 0 Å². The van der Waals surface area contributed by atoms with Crippen molar-refractivity contribution in [2.45, 2.75) is 57.0 Å². The molecule has 5 fully saturated rings. The molecule has 184 valence electrons. The molecule has 6 rings (SSSR count). The van der Waals surface area contributed by atoms with Gasteiger partial charge in [-0.3, -0.25) is 4.79 Å². The molecule has 1 aromatic rings. The van der Waals surface area contributed by atoms with Crippen LogP contribution in [0.3, 0.4) is 0 Å². The van der Waals surface area contributed by atoms with Gasteiger partial charge in [0.05, 0.1) is 13.2 Å². The first-order valence-electron chi connectivity index (χ1n) is 13.4. The highest BCUT2D eigenvalue weighted by Gasteiger charge is 2.46. The van der Waals surface area contributed by atoms with Gasteiger partial charge in [-0.05, 0) is 92.9 Å². The van der Waals surface area contributed by atoms with Gasteiger partial charge in [-0.1, -0.05) is 0 Å². The molecule has 3 saturated carbocycles. The molecule has 2 N–H and O–H groups in total. The SMILES string of the molecule is O=C(NC1CCC2CC3CC(C2)C1C3)c1ccc(N2CC[C@@H](NC(=O)N3CCOCC3)C2)cc1. The summed E-state index contributed by atoms with van der Waals surface area (Å²) in [4.78, 5) is 29.7. The summed E-state index contributed by atoms with van der Waals surface area (Å²) in [5.74, 6) is 3.42. The number of anilines is 1. The summed E-state index contributed by atoms with van der Waals surface area (Å²) >= 11 is 0. The van der Waals surface area contributed by atoms with Crippen LogP contribution in [-0.4, -0.2) is 68.3 Å². The van der Waals surface area contributed by atoms with Gasteiger partial charge in [0.25, 0.3) is 5.91 Å². The molecular formula is C27H38N4O3.